The van der Waals surface area contributed by atoms with Crippen molar-refractivity contribution < 1.29 is 4.79 Å². The number of carbonyl (C=O) groups is 1. The zero-order valence-corrected chi connectivity index (χ0v) is 8.17. The maximum absolute atomic E-state index is 10.5. The molecule has 0 radical (unpaired) electrons. The molecule has 5 nitrogen and oxygen atoms in total. The Morgan fingerprint density at radius 1 is 1.57 bits per heavy atom. The second-order valence-electron chi connectivity index (χ2n) is 2.58. The minimum Gasteiger partial charge on any atom is -0.389 e. The van der Waals surface area contributed by atoms with Gasteiger partial charge in [0.05, 0.1) is 12.1 Å². The van der Waals surface area contributed by atoms with Crippen molar-refractivity contribution in [1.29, 1.82) is 0 Å². The zero-order chi connectivity index (χ0) is 10.6. The van der Waals surface area contributed by atoms with E-state index in [2.05, 4.69) is 10.3 Å². The molecule has 0 bridgehead atoms. The lowest BCUT2D eigenvalue weighted by molar-refractivity contribution is -0.116. The van der Waals surface area contributed by atoms with Crippen molar-refractivity contribution in [3.63, 3.8) is 0 Å². The van der Waals surface area contributed by atoms with Gasteiger partial charge in [-0.25, -0.2) is 4.98 Å². The molecule has 0 aliphatic carbocycles. The maximum Gasteiger partial charge on any atom is 0.236 e. The predicted octanol–water partition coefficient (Wildman–Crippen LogP) is -0.387. The molecule has 0 aromatic carbocycles. The first-order chi connectivity index (χ1) is 6.61. The largest absolute Gasteiger partial charge is 0.389 e. The Hall–Kier alpha value is -1.69. The molecule has 0 unspecified atom stereocenters. The average molecular weight is 210 g/mol. The lowest BCUT2D eigenvalue weighted by atomic mass is 10.2. The number of pyridine rings is 1. The molecule has 14 heavy (non-hydrogen) atoms. The summed E-state index contributed by atoms with van der Waals surface area (Å²) in [5, 5.41) is 2.74. The van der Waals surface area contributed by atoms with Crippen LogP contribution in [0.25, 0.3) is 0 Å². The van der Waals surface area contributed by atoms with Crippen molar-refractivity contribution >= 4 is 28.9 Å². The molecular weight excluding hydrogens is 200 g/mol. The number of nitrogens with one attached hydrogen (secondary N) is 1. The monoisotopic (exact) mass is 210 g/mol. The third-order valence-corrected chi connectivity index (χ3v) is 1.72. The van der Waals surface area contributed by atoms with Crippen molar-refractivity contribution in [3.05, 3.63) is 23.9 Å². The summed E-state index contributed by atoms with van der Waals surface area (Å²) in [6.07, 6.45) is 1.57. The summed E-state index contributed by atoms with van der Waals surface area (Å²) in [4.78, 5) is 14.7. The number of carbonyl (C=O) groups excluding carboxylic acids is 1. The van der Waals surface area contributed by atoms with E-state index in [-0.39, 0.29) is 11.5 Å². The first kappa shape index (κ1) is 10.4. The van der Waals surface area contributed by atoms with Crippen LogP contribution in [0.3, 0.4) is 0 Å². The highest BCUT2D eigenvalue weighted by molar-refractivity contribution is 7.80. The second kappa shape index (κ2) is 4.52. The number of hydrogen-bond acceptors (Lipinski definition) is 4. The molecule has 1 aromatic heterocycles. The van der Waals surface area contributed by atoms with Crippen molar-refractivity contribution in [2.24, 2.45) is 11.5 Å². The number of amides is 1. The molecule has 0 aliphatic heterocycles. The van der Waals surface area contributed by atoms with Crippen LogP contribution in [0.5, 0.6) is 0 Å². The van der Waals surface area contributed by atoms with Crippen LogP contribution in [0.2, 0.25) is 0 Å². The Kier molecular flexibility index (Phi) is 3.35. The van der Waals surface area contributed by atoms with E-state index in [9.17, 15) is 4.79 Å². The molecule has 0 spiro atoms. The Bertz CT molecular complexity index is 366. The highest BCUT2D eigenvalue weighted by Crippen LogP contribution is 2.10. The molecule has 6 heteroatoms. The molecule has 1 heterocycles. The van der Waals surface area contributed by atoms with Gasteiger partial charge < -0.3 is 16.8 Å². The first-order valence-corrected chi connectivity index (χ1v) is 4.29. The van der Waals surface area contributed by atoms with Crippen LogP contribution in [0, 0.1) is 0 Å². The van der Waals surface area contributed by atoms with Crippen LogP contribution >= 0.6 is 12.2 Å². The Morgan fingerprint density at radius 2 is 2.29 bits per heavy atom. The molecule has 74 valence electrons. The number of rotatable bonds is 4. The number of nitrogens with zero attached hydrogens (tertiary/aromatic N) is 1. The summed E-state index contributed by atoms with van der Waals surface area (Å²) in [6, 6.07) is 3.43. The fourth-order valence-electron chi connectivity index (χ4n) is 0.916. The molecular formula is C8H10N4OS. The van der Waals surface area contributed by atoms with Gasteiger partial charge in [-0.1, -0.05) is 12.2 Å². The van der Waals surface area contributed by atoms with E-state index in [0.29, 0.717) is 11.4 Å². The molecule has 1 aromatic rings. The summed E-state index contributed by atoms with van der Waals surface area (Å²) in [6.45, 7) is 0.00657. The summed E-state index contributed by atoms with van der Waals surface area (Å²) in [5.74, 6) is 0.00310. The normalized spacial score (nSPS) is 9.43. The molecule has 0 aliphatic rings. The van der Waals surface area contributed by atoms with Crippen LogP contribution in [0.1, 0.15) is 5.56 Å². The third-order valence-electron chi connectivity index (χ3n) is 1.50. The molecule has 1 amide bonds. The predicted molar refractivity (Wildman–Crippen MR) is 57.8 cm³/mol. The summed E-state index contributed by atoms with van der Waals surface area (Å²) < 4.78 is 0. The van der Waals surface area contributed by atoms with E-state index in [1.165, 1.54) is 0 Å². The smallest absolute Gasteiger partial charge is 0.236 e. The highest BCUT2D eigenvalue weighted by atomic mass is 32.1. The maximum atomic E-state index is 10.5. The Labute approximate surface area is 86.5 Å². The lowest BCUT2D eigenvalue weighted by Crippen LogP contribution is -2.24. The average Bonchev–Trinajstić information content (AvgIpc) is 2.15. The minimum atomic E-state index is -0.468. The SMILES string of the molecule is NC(=O)CNc1ncccc1C(N)=S. The lowest BCUT2D eigenvalue weighted by Gasteiger charge is -2.07. The first-order valence-electron chi connectivity index (χ1n) is 3.88. The molecule has 0 saturated carbocycles. The molecule has 5 N–H and O–H groups in total. The summed E-state index contributed by atoms with van der Waals surface area (Å²) in [5.41, 5.74) is 11.0. The van der Waals surface area contributed by atoms with Crippen LogP contribution in [-0.2, 0) is 4.79 Å². The Morgan fingerprint density at radius 3 is 2.86 bits per heavy atom. The quantitative estimate of drug-likeness (QED) is 0.588. The van der Waals surface area contributed by atoms with E-state index in [1.807, 2.05) is 0 Å². The number of hydrogen-bond donors (Lipinski definition) is 3. The van der Waals surface area contributed by atoms with Gasteiger partial charge in [-0.05, 0) is 12.1 Å². The van der Waals surface area contributed by atoms with E-state index in [0.717, 1.165) is 0 Å². The van der Waals surface area contributed by atoms with E-state index in [1.54, 1.807) is 18.3 Å². The van der Waals surface area contributed by atoms with Gasteiger partial charge in [-0.15, -0.1) is 0 Å². The minimum absolute atomic E-state index is 0.00657. The molecule has 0 fully saturated rings. The van der Waals surface area contributed by atoms with E-state index < -0.39 is 5.91 Å². The third kappa shape index (κ3) is 2.67. The second-order valence-corrected chi connectivity index (χ2v) is 3.02. The Balaban J connectivity index is 2.84. The number of thiocarbonyl (C=S) groups is 1. The standard InChI is InChI=1S/C8H10N4OS/c9-6(13)4-12-8-5(7(10)14)2-1-3-11-8/h1-3H,4H2,(H2,9,13)(H2,10,14)(H,11,12). The van der Waals surface area contributed by atoms with Gasteiger partial charge in [0.1, 0.15) is 10.8 Å². The molecule has 0 saturated heterocycles. The van der Waals surface area contributed by atoms with Crippen LogP contribution < -0.4 is 16.8 Å². The summed E-state index contributed by atoms with van der Waals surface area (Å²) >= 11 is 4.81. The van der Waals surface area contributed by atoms with Gasteiger partial charge in [0, 0.05) is 6.20 Å². The topological polar surface area (TPSA) is 94.0 Å². The number of primary amides is 1. The number of aromatic nitrogens is 1. The van der Waals surface area contributed by atoms with Crippen molar-refractivity contribution in [2.75, 3.05) is 11.9 Å². The van der Waals surface area contributed by atoms with Gasteiger partial charge >= 0.3 is 0 Å². The fourth-order valence-corrected chi connectivity index (χ4v) is 1.08. The van der Waals surface area contributed by atoms with Crippen LogP contribution in [0.4, 0.5) is 5.82 Å². The number of nitrogens with two attached hydrogens (primary N) is 2. The van der Waals surface area contributed by atoms with Crippen molar-refractivity contribution in [2.45, 2.75) is 0 Å². The summed E-state index contributed by atoms with van der Waals surface area (Å²) in [7, 11) is 0. The molecule has 0 atom stereocenters. The van der Waals surface area contributed by atoms with Crippen LogP contribution in [-0.4, -0.2) is 22.4 Å². The zero-order valence-electron chi connectivity index (χ0n) is 7.36. The van der Waals surface area contributed by atoms with E-state index >= 15 is 0 Å². The van der Waals surface area contributed by atoms with Gasteiger partial charge in [0.15, 0.2) is 0 Å². The van der Waals surface area contributed by atoms with Crippen molar-refractivity contribution in [3.8, 4) is 0 Å². The van der Waals surface area contributed by atoms with Crippen molar-refractivity contribution in [1.82, 2.24) is 4.98 Å². The van der Waals surface area contributed by atoms with Gasteiger partial charge in [0.25, 0.3) is 0 Å². The number of anilines is 1. The molecule has 1 rings (SSSR count). The highest BCUT2D eigenvalue weighted by Gasteiger charge is 2.05. The van der Waals surface area contributed by atoms with Gasteiger partial charge in [-0.3, -0.25) is 4.79 Å². The van der Waals surface area contributed by atoms with Crippen LogP contribution in [0.15, 0.2) is 18.3 Å². The fraction of sp³-hybridized carbons (Fsp3) is 0.125. The van der Waals surface area contributed by atoms with E-state index in [4.69, 9.17) is 23.7 Å². The van der Waals surface area contributed by atoms with Gasteiger partial charge in [0.2, 0.25) is 5.91 Å². The van der Waals surface area contributed by atoms with Gasteiger partial charge in [-0.2, -0.15) is 0 Å².